The largest absolute Gasteiger partial charge is 0.497 e. The van der Waals surface area contributed by atoms with E-state index in [0.717, 1.165) is 35.6 Å². The summed E-state index contributed by atoms with van der Waals surface area (Å²) in [6.07, 6.45) is 0.816. The zero-order valence-corrected chi connectivity index (χ0v) is 20.8. The Hall–Kier alpha value is -3.80. The van der Waals surface area contributed by atoms with Crippen molar-refractivity contribution in [2.45, 2.75) is 45.7 Å². The molecule has 0 spiro atoms. The van der Waals surface area contributed by atoms with E-state index in [9.17, 15) is 4.79 Å². The number of carbonyl (C=O) groups excluding carboxylic acids is 1. The predicted molar refractivity (Wildman–Crippen MR) is 139 cm³/mol. The van der Waals surface area contributed by atoms with E-state index in [2.05, 4.69) is 35.9 Å². The van der Waals surface area contributed by atoms with Gasteiger partial charge in [0.15, 0.2) is 0 Å². The third-order valence-electron chi connectivity index (χ3n) is 6.08. The maximum absolute atomic E-state index is 12.9. The Bertz CT molecular complexity index is 1300. The molecular weight excluding hydrogens is 438 g/mol. The lowest BCUT2D eigenvalue weighted by molar-refractivity contribution is 0.0937. The van der Waals surface area contributed by atoms with Crippen molar-refractivity contribution in [1.29, 1.82) is 0 Å². The normalized spacial score (nSPS) is 12.0. The summed E-state index contributed by atoms with van der Waals surface area (Å²) >= 11 is 0. The van der Waals surface area contributed by atoms with Gasteiger partial charge in [-0.1, -0.05) is 50.2 Å². The van der Waals surface area contributed by atoms with Gasteiger partial charge in [-0.05, 0) is 61.2 Å². The quantitative estimate of drug-likeness (QED) is 0.283. The Balaban J connectivity index is 1.48. The molecule has 0 bridgehead atoms. The van der Waals surface area contributed by atoms with Gasteiger partial charge in [0, 0.05) is 12.1 Å². The summed E-state index contributed by atoms with van der Waals surface area (Å²) in [6, 6.07) is 23.1. The number of carbonyl (C=O) groups is 1. The first kappa shape index (κ1) is 24.3. The molecule has 4 rings (SSSR count). The number of benzene rings is 3. The van der Waals surface area contributed by atoms with Crippen LogP contribution in [0.4, 0.5) is 0 Å². The number of hydrogen-bond donors (Lipinski definition) is 1. The topological polar surface area (TPSA) is 65.4 Å². The van der Waals surface area contributed by atoms with Crippen molar-refractivity contribution in [3.05, 3.63) is 89.7 Å². The van der Waals surface area contributed by atoms with Crippen molar-refractivity contribution in [2.24, 2.45) is 0 Å². The first-order valence-electron chi connectivity index (χ1n) is 12.1. The fourth-order valence-electron chi connectivity index (χ4n) is 4.26. The number of imidazole rings is 1. The SMILES string of the molecule is COc1cccc(C(=O)NC(C)c2nc3ccccc3n2CCCOc2ccccc2C(C)C)c1. The summed E-state index contributed by atoms with van der Waals surface area (Å²) in [5.41, 5.74) is 3.73. The molecule has 1 heterocycles. The second kappa shape index (κ2) is 11.1. The van der Waals surface area contributed by atoms with Gasteiger partial charge in [-0.2, -0.15) is 0 Å². The maximum Gasteiger partial charge on any atom is 0.251 e. The number of methoxy groups -OCH3 is 1. The van der Waals surface area contributed by atoms with E-state index in [0.29, 0.717) is 23.8 Å². The summed E-state index contributed by atoms with van der Waals surface area (Å²) in [4.78, 5) is 17.8. The lowest BCUT2D eigenvalue weighted by Gasteiger charge is -2.17. The van der Waals surface area contributed by atoms with Crippen LogP contribution < -0.4 is 14.8 Å². The highest BCUT2D eigenvalue weighted by Crippen LogP contribution is 2.26. The summed E-state index contributed by atoms with van der Waals surface area (Å²) < 4.78 is 13.6. The molecule has 1 aromatic heterocycles. The summed E-state index contributed by atoms with van der Waals surface area (Å²) in [7, 11) is 1.59. The Morgan fingerprint density at radius 1 is 1.00 bits per heavy atom. The number of fused-ring (bicyclic) bond motifs is 1. The van der Waals surface area contributed by atoms with Crippen molar-refractivity contribution in [1.82, 2.24) is 14.9 Å². The first-order chi connectivity index (χ1) is 17.0. The first-order valence-corrected chi connectivity index (χ1v) is 12.1. The lowest BCUT2D eigenvalue weighted by Crippen LogP contribution is -2.29. The number of rotatable bonds is 10. The van der Waals surface area contributed by atoms with E-state index in [-0.39, 0.29) is 11.9 Å². The highest BCUT2D eigenvalue weighted by molar-refractivity contribution is 5.94. The summed E-state index contributed by atoms with van der Waals surface area (Å²) in [6.45, 7) is 7.64. The number of para-hydroxylation sites is 3. The Labute approximate surface area is 206 Å². The van der Waals surface area contributed by atoms with Gasteiger partial charge in [-0.25, -0.2) is 4.98 Å². The van der Waals surface area contributed by atoms with Crippen LogP contribution in [0.5, 0.6) is 11.5 Å². The van der Waals surface area contributed by atoms with E-state index < -0.39 is 0 Å². The number of nitrogens with zero attached hydrogens (tertiary/aromatic N) is 2. The van der Waals surface area contributed by atoms with Gasteiger partial charge >= 0.3 is 0 Å². The monoisotopic (exact) mass is 471 g/mol. The van der Waals surface area contributed by atoms with Crippen molar-refractivity contribution >= 4 is 16.9 Å². The second-order valence-corrected chi connectivity index (χ2v) is 8.93. The smallest absolute Gasteiger partial charge is 0.251 e. The van der Waals surface area contributed by atoms with Crippen molar-refractivity contribution < 1.29 is 14.3 Å². The molecular formula is C29H33N3O3. The molecule has 182 valence electrons. The molecule has 35 heavy (non-hydrogen) atoms. The molecule has 1 N–H and O–H groups in total. The number of ether oxygens (including phenoxy) is 2. The third-order valence-corrected chi connectivity index (χ3v) is 6.08. The van der Waals surface area contributed by atoms with Crippen LogP contribution in [0.25, 0.3) is 11.0 Å². The molecule has 3 aromatic carbocycles. The molecule has 1 unspecified atom stereocenters. The average Bonchev–Trinajstić information content (AvgIpc) is 3.25. The van der Waals surface area contributed by atoms with Crippen LogP contribution in [-0.2, 0) is 6.54 Å². The van der Waals surface area contributed by atoms with Crippen LogP contribution in [0.2, 0.25) is 0 Å². The van der Waals surface area contributed by atoms with Gasteiger partial charge in [0.2, 0.25) is 0 Å². The number of aryl methyl sites for hydroxylation is 1. The lowest BCUT2D eigenvalue weighted by atomic mass is 10.0. The average molecular weight is 472 g/mol. The zero-order chi connectivity index (χ0) is 24.8. The van der Waals surface area contributed by atoms with Crippen LogP contribution in [0.1, 0.15) is 60.9 Å². The van der Waals surface area contributed by atoms with E-state index >= 15 is 0 Å². The molecule has 4 aromatic rings. The van der Waals surface area contributed by atoms with E-state index in [1.807, 2.05) is 55.5 Å². The summed E-state index contributed by atoms with van der Waals surface area (Å²) in [5, 5.41) is 3.09. The number of nitrogens with one attached hydrogen (secondary N) is 1. The molecule has 1 amide bonds. The second-order valence-electron chi connectivity index (χ2n) is 8.93. The molecule has 1 atom stereocenters. The van der Waals surface area contributed by atoms with Crippen LogP contribution in [-0.4, -0.2) is 29.2 Å². The fourth-order valence-corrected chi connectivity index (χ4v) is 4.26. The minimum atomic E-state index is -0.274. The Kier molecular flexibility index (Phi) is 7.70. The Morgan fingerprint density at radius 3 is 2.57 bits per heavy atom. The van der Waals surface area contributed by atoms with Crippen molar-refractivity contribution in [2.75, 3.05) is 13.7 Å². The minimum Gasteiger partial charge on any atom is -0.497 e. The van der Waals surface area contributed by atoms with Gasteiger partial charge in [0.25, 0.3) is 5.91 Å². The molecule has 0 aliphatic heterocycles. The number of aromatic nitrogens is 2. The van der Waals surface area contributed by atoms with Gasteiger partial charge in [0.1, 0.15) is 17.3 Å². The maximum atomic E-state index is 12.9. The van der Waals surface area contributed by atoms with Gasteiger partial charge in [-0.3, -0.25) is 4.79 Å². The number of hydrogen-bond acceptors (Lipinski definition) is 4. The predicted octanol–water partition coefficient (Wildman–Crippen LogP) is 6.13. The minimum absolute atomic E-state index is 0.163. The highest BCUT2D eigenvalue weighted by Gasteiger charge is 2.19. The third kappa shape index (κ3) is 5.65. The van der Waals surface area contributed by atoms with Gasteiger partial charge < -0.3 is 19.4 Å². The highest BCUT2D eigenvalue weighted by atomic mass is 16.5. The van der Waals surface area contributed by atoms with Crippen molar-refractivity contribution in [3.8, 4) is 11.5 Å². The van der Waals surface area contributed by atoms with Crippen LogP contribution >= 0.6 is 0 Å². The van der Waals surface area contributed by atoms with E-state index in [4.69, 9.17) is 14.5 Å². The van der Waals surface area contributed by atoms with Gasteiger partial charge in [-0.15, -0.1) is 0 Å². The van der Waals surface area contributed by atoms with Crippen LogP contribution in [0.15, 0.2) is 72.8 Å². The van der Waals surface area contributed by atoms with Crippen LogP contribution in [0.3, 0.4) is 0 Å². The molecule has 0 saturated carbocycles. The van der Waals surface area contributed by atoms with Gasteiger partial charge in [0.05, 0.1) is 30.8 Å². The molecule has 6 nitrogen and oxygen atoms in total. The standard InChI is InChI=1S/C29H33N3O3/c1-20(2)24-13-5-8-16-27(24)35-18-10-17-32-26-15-7-6-14-25(26)31-28(32)21(3)30-29(33)22-11-9-12-23(19-22)34-4/h5-9,11-16,19-21H,10,17-18H2,1-4H3,(H,30,33). The molecule has 0 aliphatic rings. The van der Waals surface area contributed by atoms with E-state index in [1.165, 1.54) is 5.56 Å². The molecule has 6 heteroatoms. The molecule has 0 radical (unpaired) electrons. The molecule has 0 saturated heterocycles. The van der Waals surface area contributed by atoms with Crippen molar-refractivity contribution in [3.63, 3.8) is 0 Å². The Morgan fingerprint density at radius 2 is 1.77 bits per heavy atom. The van der Waals surface area contributed by atoms with E-state index in [1.54, 1.807) is 19.2 Å². The van der Waals surface area contributed by atoms with Crippen LogP contribution in [0, 0.1) is 0 Å². The molecule has 0 fully saturated rings. The fraction of sp³-hybridized carbons (Fsp3) is 0.310. The zero-order valence-electron chi connectivity index (χ0n) is 20.8. The number of amides is 1. The molecule has 0 aliphatic carbocycles. The summed E-state index contributed by atoms with van der Waals surface area (Å²) in [5.74, 6) is 2.66.